The third kappa shape index (κ3) is 5.11. The van der Waals surface area contributed by atoms with E-state index >= 15 is 0 Å². The molecular formula is C21H21N3O4S. The largest absolute Gasteiger partial charge is 0.492 e. The minimum absolute atomic E-state index is 0.270. The van der Waals surface area contributed by atoms with E-state index in [-0.39, 0.29) is 11.8 Å². The van der Waals surface area contributed by atoms with Crippen molar-refractivity contribution in [3.63, 3.8) is 0 Å². The molecule has 3 aromatic rings. The molecule has 3 rings (SSSR count). The van der Waals surface area contributed by atoms with E-state index < -0.39 is 0 Å². The quantitative estimate of drug-likeness (QED) is 0.572. The predicted molar refractivity (Wildman–Crippen MR) is 113 cm³/mol. The van der Waals surface area contributed by atoms with E-state index in [1.165, 1.54) is 11.3 Å². The molecule has 8 heteroatoms. The maximum Gasteiger partial charge on any atom is 0.275 e. The van der Waals surface area contributed by atoms with Crippen molar-refractivity contribution in [2.75, 3.05) is 23.8 Å². The number of benzene rings is 2. The van der Waals surface area contributed by atoms with Gasteiger partial charge < -0.3 is 20.1 Å². The van der Waals surface area contributed by atoms with Crippen LogP contribution in [0.5, 0.6) is 11.5 Å². The van der Waals surface area contributed by atoms with E-state index in [1.807, 2.05) is 19.9 Å². The van der Waals surface area contributed by atoms with Gasteiger partial charge in [-0.15, -0.1) is 11.3 Å². The zero-order valence-corrected chi connectivity index (χ0v) is 16.9. The molecule has 0 unspecified atom stereocenters. The second-order valence-electron chi connectivity index (χ2n) is 5.86. The zero-order valence-electron chi connectivity index (χ0n) is 16.1. The Morgan fingerprint density at radius 1 is 0.931 bits per heavy atom. The average Bonchev–Trinajstić information content (AvgIpc) is 3.27. The molecular weight excluding hydrogens is 390 g/mol. The maximum atomic E-state index is 12.6. The number of rotatable bonds is 8. The first-order chi connectivity index (χ1) is 14.1. The van der Waals surface area contributed by atoms with Gasteiger partial charge in [-0.2, -0.15) is 0 Å². The topological polar surface area (TPSA) is 89.6 Å². The van der Waals surface area contributed by atoms with E-state index in [9.17, 15) is 9.59 Å². The first kappa shape index (κ1) is 20.3. The van der Waals surface area contributed by atoms with Crippen molar-refractivity contribution in [1.82, 2.24) is 4.98 Å². The lowest BCUT2D eigenvalue weighted by molar-refractivity contribution is 0.101. The lowest BCUT2D eigenvalue weighted by Crippen LogP contribution is -2.16. The van der Waals surface area contributed by atoms with Crippen molar-refractivity contribution >= 4 is 34.5 Å². The Hall–Kier alpha value is -3.39. The standard InChI is InChI=1S/C21H21N3O4S/c1-3-27-18-11-16(24-21(26)17-12-29-13-22-17)19(28-4-2)10-15(18)23-20(25)14-8-6-5-7-9-14/h5-13H,3-4H2,1-2H3,(H,23,25)(H,24,26). The van der Waals surface area contributed by atoms with Gasteiger partial charge in [-0.05, 0) is 26.0 Å². The van der Waals surface area contributed by atoms with E-state index in [4.69, 9.17) is 9.47 Å². The Bertz CT molecular complexity index is 975. The summed E-state index contributed by atoms with van der Waals surface area (Å²) in [7, 11) is 0. The van der Waals surface area contributed by atoms with Gasteiger partial charge in [0.25, 0.3) is 11.8 Å². The summed E-state index contributed by atoms with van der Waals surface area (Å²) in [6.07, 6.45) is 0. The Balaban J connectivity index is 1.92. The number of hydrogen-bond donors (Lipinski definition) is 2. The monoisotopic (exact) mass is 411 g/mol. The Kier molecular flexibility index (Phi) is 6.80. The third-order valence-corrected chi connectivity index (χ3v) is 4.47. The summed E-state index contributed by atoms with van der Waals surface area (Å²) in [6, 6.07) is 12.2. The van der Waals surface area contributed by atoms with E-state index in [0.717, 1.165) is 0 Å². The number of carbonyl (C=O) groups excluding carboxylic acids is 2. The summed E-state index contributed by atoms with van der Waals surface area (Å²) in [5, 5.41) is 7.31. The van der Waals surface area contributed by atoms with Crippen molar-refractivity contribution in [2.45, 2.75) is 13.8 Å². The number of amides is 2. The first-order valence-corrected chi connectivity index (χ1v) is 10.1. The zero-order chi connectivity index (χ0) is 20.6. The summed E-state index contributed by atoms with van der Waals surface area (Å²) in [5.74, 6) is 0.223. The van der Waals surface area contributed by atoms with E-state index in [0.29, 0.717) is 47.3 Å². The van der Waals surface area contributed by atoms with Crippen LogP contribution in [-0.4, -0.2) is 30.0 Å². The molecule has 0 spiro atoms. The van der Waals surface area contributed by atoms with E-state index in [1.54, 1.807) is 47.3 Å². The minimum Gasteiger partial charge on any atom is -0.492 e. The Labute approximate surface area is 172 Å². The van der Waals surface area contributed by atoms with Crippen molar-refractivity contribution < 1.29 is 19.1 Å². The van der Waals surface area contributed by atoms with Gasteiger partial charge in [0.1, 0.15) is 17.2 Å². The van der Waals surface area contributed by atoms with Crippen LogP contribution in [0.15, 0.2) is 53.4 Å². The molecule has 0 radical (unpaired) electrons. The van der Waals surface area contributed by atoms with Crippen LogP contribution < -0.4 is 20.1 Å². The third-order valence-electron chi connectivity index (χ3n) is 3.88. The van der Waals surface area contributed by atoms with E-state index in [2.05, 4.69) is 15.6 Å². The summed E-state index contributed by atoms with van der Waals surface area (Å²) >= 11 is 1.34. The Morgan fingerprint density at radius 2 is 1.52 bits per heavy atom. The predicted octanol–water partition coefficient (Wildman–Crippen LogP) is 4.45. The number of carbonyl (C=O) groups is 2. The minimum atomic E-state index is -0.351. The SMILES string of the molecule is CCOc1cc(NC(=O)c2cscn2)c(OCC)cc1NC(=O)c1ccccc1. The lowest BCUT2D eigenvalue weighted by atomic mass is 10.2. The first-order valence-electron chi connectivity index (χ1n) is 9.12. The smallest absolute Gasteiger partial charge is 0.275 e. The molecule has 0 aliphatic rings. The van der Waals surface area contributed by atoms with Gasteiger partial charge >= 0.3 is 0 Å². The molecule has 0 aliphatic heterocycles. The fraction of sp³-hybridized carbons (Fsp3) is 0.190. The molecule has 2 aromatic carbocycles. The molecule has 0 aliphatic carbocycles. The highest BCUT2D eigenvalue weighted by Gasteiger charge is 2.18. The number of aromatic nitrogens is 1. The van der Waals surface area contributed by atoms with Gasteiger partial charge in [-0.25, -0.2) is 4.98 Å². The van der Waals surface area contributed by atoms with Crippen LogP contribution in [0.1, 0.15) is 34.7 Å². The van der Waals surface area contributed by atoms with Gasteiger partial charge in [0.05, 0.1) is 30.1 Å². The molecule has 0 fully saturated rings. The summed E-state index contributed by atoms with van der Waals surface area (Å²) in [6.45, 7) is 4.46. The second-order valence-corrected chi connectivity index (χ2v) is 6.58. The van der Waals surface area contributed by atoms with Crippen molar-refractivity contribution in [1.29, 1.82) is 0 Å². The summed E-state index contributed by atoms with van der Waals surface area (Å²) < 4.78 is 11.4. The number of thiazole rings is 1. The van der Waals surface area contributed by atoms with Gasteiger partial charge in [0.15, 0.2) is 0 Å². The van der Waals surface area contributed by atoms with Crippen molar-refractivity contribution in [3.8, 4) is 11.5 Å². The van der Waals surface area contributed by atoms with Crippen LogP contribution in [0.25, 0.3) is 0 Å². The van der Waals surface area contributed by atoms with Gasteiger partial charge in [-0.3, -0.25) is 9.59 Å². The highest BCUT2D eigenvalue weighted by Crippen LogP contribution is 2.37. The molecule has 0 saturated heterocycles. The van der Waals surface area contributed by atoms with Crippen LogP contribution in [-0.2, 0) is 0 Å². The normalized spacial score (nSPS) is 10.3. The van der Waals surface area contributed by atoms with Crippen LogP contribution in [0.4, 0.5) is 11.4 Å². The maximum absolute atomic E-state index is 12.6. The molecule has 1 heterocycles. The number of nitrogens with zero attached hydrogens (tertiary/aromatic N) is 1. The summed E-state index contributed by atoms with van der Waals surface area (Å²) in [5.41, 5.74) is 3.32. The molecule has 2 N–H and O–H groups in total. The fourth-order valence-electron chi connectivity index (χ4n) is 2.60. The highest BCUT2D eigenvalue weighted by atomic mass is 32.1. The number of nitrogens with one attached hydrogen (secondary N) is 2. The second kappa shape index (κ2) is 9.70. The van der Waals surface area contributed by atoms with Gasteiger partial charge in [-0.1, -0.05) is 18.2 Å². The molecule has 7 nitrogen and oxygen atoms in total. The molecule has 150 valence electrons. The van der Waals surface area contributed by atoms with Crippen LogP contribution in [0.3, 0.4) is 0 Å². The molecule has 0 atom stereocenters. The van der Waals surface area contributed by atoms with Crippen molar-refractivity contribution in [2.24, 2.45) is 0 Å². The molecule has 29 heavy (non-hydrogen) atoms. The number of anilines is 2. The molecule has 0 bridgehead atoms. The van der Waals surface area contributed by atoms with Gasteiger partial charge in [0, 0.05) is 23.1 Å². The van der Waals surface area contributed by atoms with Crippen LogP contribution in [0.2, 0.25) is 0 Å². The molecule has 0 saturated carbocycles. The highest BCUT2D eigenvalue weighted by molar-refractivity contribution is 7.07. The van der Waals surface area contributed by atoms with Gasteiger partial charge in [0.2, 0.25) is 0 Å². The van der Waals surface area contributed by atoms with Crippen molar-refractivity contribution in [3.05, 3.63) is 64.6 Å². The lowest BCUT2D eigenvalue weighted by Gasteiger charge is -2.17. The molecule has 1 aromatic heterocycles. The number of ether oxygens (including phenoxy) is 2. The summed E-state index contributed by atoms with van der Waals surface area (Å²) in [4.78, 5) is 29.0. The number of hydrogen-bond acceptors (Lipinski definition) is 6. The fourth-order valence-corrected chi connectivity index (χ4v) is 3.13. The van der Waals surface area contributed by atoms with Crippen LogP contribution in [0, 0.1) is 0 Å². The molecule has 2 amide bonds. The average molecular weight is 411 g/mol. The Morgan fingerprint density at radius 3 is 2.03 bits per heavy atom. The van der Waals surface area contributed by atoms with Crippen LogP contribution >= 0.6 is 11.3 Å².